The maximum absolute atomic E-state index is 13.0. The van der Waals surface area contributed by atoms with Gasteiger partial charge in [-0.15, -0.1) is 11.3 Å². The molecule has 0 aliphatic carbocycles. The maximum atomic E-state index is 13.0. The molecule has 1 heterocycles. The normalized spacial score (nSPS) is 11.4. The van der Waals surface area contributed by atoms with Gasteiger partial charge < -0.3 is 10.1 Å². The highest BCUT2D eigenvalue weighted by atomic mass is 35.5. The molecule has 0 saturated carbocycles. The van der Waals surface area contributed by atoms with Crippen LogP contribution in [0.3, 0.4) is 0 Å². The highest BCUT2D eigenvalue weighted by Gasteiger charge is 2.22. The minimum absolute atomic E-state index is 0.0346. The zero-order valence-corrected chi connectivity index (χ0v) is 21.9. The van der Waals surface area contributed by atoms with Crippen molar-refractivity contribution in [2.45, 2.75) is 24.2 Å². The Kier molecular flexibility index (Phi) is 7.75. The van der Waals surface area contributed by atoms with Crippen molar-refractivity contribution in [3.63, 3.8) is 0 Å². The monoisotopic (exact) mass is 542 g/mol. The quantitative estimate of drug-likeness (QED) is 0.303. The largest absolute Gasteiger partial charge is 0.465 e. The number of carbonyl (C=O) groups excluding carboxylic acids is 2. The predicted molar refractivity (Wildman–Crippen MR) is 141 cm³/mol. The SMILES string of the molecule is COC(=O)c1ccc(CNC(=O)c2cccc(CNS(=O)(=O)c3sc4ccc(Cl)cc4c3C)c2)cc1. The second kappa shape index (κ2) is 10.8. The van der Waals surface area contributed by atoms with E-state index in [1.165, 1.54) is 18.4 Å². The van der Waals surface area contributed by atoms with Crippen LogP contribution in [0.25, 0.3) is 10.1 Å². The molecule has 0 aliphatic rings. The summed E-state index contributed by atoms with van der Waals surface area (Å²) < 4.78 is 34.4. The summed E-state index contributed by atoms with van der Waals surface area (Å²) in [5.74, 6) is -0.723. The molecule has 1 aromatic heterocycles. The third-order valence-electron chi connectivity index (χ3n) is 5.58. The Morgan fingerprint density at radius 2 is 1.69 bits per heavy atom. The lowest BCUT2D eigenvalue weighted by atomic mass is 10.1. The average Bonchev–Trinajstić information content (AvgIpc) is 3.22. The number of hydrogen-bond acceptors (Lipinski definition) is 6. The van der Waals surface area contributed by atoms with E-state index in [0.29, 0.717) is 27.3 Å². The van der Waals surface area contributed by atoms with Gasteiger partial charge in [-0.3, -0.25) is 4.79 Å². The van der Waals surface area contributed by atoms with E-state index in [1.807, 2.05) is 6.07 Å². The lowest BCUT2D eigenvalue weighted by Gasteiger charge is -2.09. The van der Waals surface area contributed by atoms with Gasteiger partial charge in [0.2, 0.25) is 0 Å². The van der Waals surface area contributed by atoms with Crippen LogP contribution in [0.2, 0.25) is 5.02 Å². The van der Waals surface area contributed by atoms with E-state index in [2.05, 4.69) is 14.8 Å². The number of thiophene rings is 1. The molecule has 4 rings (SSSR count). The highest BCUT2D eigenvalue weighted by Crippen LogP contribution is 2.35. The lowest BCUT2D eigenvalue weighted by molar-refractivity contribution is 0.0600. The second-order valence-electron chi connectivity index (χ2n) is 8.05. The van der Waals surface area contributed by atoms with Gasteiger partial charge in [0.15, 0.2) is 0 Å². The Morgan fingerprint density at radius 3 is 2.42 bits per heavy atom. The minimum Gasteiger partial charge on any atom is -0.465 e. The summed E-state index contributed by atoms with van der Waals surface area (Å²) in [5, 5.41) is 4.19. The molecule has 186 valence electrons. The first-order valence-corrected chi connectivity index (χ1v) is 13.6. The van der Waals surface area contributed by atoms with Gasteiger partial charge in [-0.25, -0.2) is 17.9 Å². The molecule has 0 radical (unpaired) electrons. The van der Waals surface area contributed by atoms with Crippen molar-refractivity contribution in [3.8, 4) is 0 Å². The number of esters is 1. The van der Waals surface area contributed by atoms with Crippen LogP contribution in [0.15, 0.2) is 70.9 Å². The first kappa shape index (κ1) is 25.8. The van der Waals surface area contributed by atoms with Crippen molar-refractivity contribution in [3.05, 3.63) is 99.6 Å². The van der Waals surface area contributed by atoms with Crippen LogP contribution in [0.5, 0.6) is 0 Å². The van der Waals surface area contributed by atoms with Gasteiger partial charge in [-0.1, -0.05) is 35.9 Å². The molecular weight excluding hydrogens is 520 g/mol. The molecule has 0 bridgehead atoms. The van der Waals surface area contributed by atoms with Crippen LogP contribution in [0, 0.1) is 6.92 Å². The van der Waals surface area contributed by atoms with Gasteiger partial charge in [-0.05, 0) is 71.5 Å². The number of hydrogen-bond donors (Lipinski definition) is 2. The summed E-state index contributed by atoms with van der Waals surface area (Å²) in [7, 11) is -2.45. The summed E-state index contributed by atoms with van der Waals surface area (Å²) in [6.07, 6.45) is 0. The molecular formula is C26H23ClN2O5S2. The number of ether oxygens (including phenoxy) is 1. The number of carbonyl (C=O) groups is 2. The zero-order chi connectivity index (χ0) is 25.9. The summed E-state index contributed by atoms with van der Waals surface area (Å²) in [4.78, 5) is 24.2. The summed E-state index contributed by atoms with van der Waals surface area (Å²) in [6, 6.07) is 18.8. The third kappa shape index (κ3) is 5.76. The van der Waals surface area contributed by atoms with Gasteiger partial charge in [0.25, 0.3) is 15.9 Å². The van der Waals surface area contributed by atoms with E-state index in [0.717, 1.165) is 15.6 Å². The van der Waals surface area contributed by atoms with Crippen molar-refractivity contribution in [1.29, 1.82) is 0 Å². The van der Waals surface area contributed by atoms with Crippen molar-refractivity contribution < 1.29 is 22.7 Å². The van der Waals surface area contributed by atoms with Gasteiger partial charge in [0, 0.05) is 28.4 Å². The number of aryl methyl sites for hydroxylation is 1. The predicted octanol–water partition coefficient (Wildman–Crippen LogP) is 5.06. The molecule has 0 fully saturated rings. The molecule has 0 atom stereocenters. The number of benzene rings is 3. The fourth-order valence-electron chi connectivity index (χ4n) is 3.65. The van der Waals surface area contributed by atoms with E-state index in [1.54, 1.807) is 67.6 Å². The number of halogens is 1. The molecule has 3 aromatic carbocycles. The minimum atomic E-state index is -3.76. The van der Waals surface area contributed by atoms with Gasteiger partial charge in [0.1, 0.15) is 4.21 Å². The first-order chi connectivity index (χ1) is 17.2. The number of amides is 1. The molecule has 0 unspecified atom stereocenters. The summed E-state index contributed by atoms with van der Waals surface area (Å²) in [6.45, 7) is 2.07. The second-order valence-corrected chi connectivity index (χ2v) is 11.5. The van der Waals surface area contributed by atoms with Crippen molar-refractivity contribution >= 4 is 54.9 Å². The van der Waals surface area contributed by atoms with E-state index in [-0.39, 0.29) is 23.2 Å². The molecule has 7 nitrogen and oxygen atoms in total. The van der Waals surface area contributed by atoms with Crippen LogP contribution in [-0.2, 0) is 27.8 Å². The van der Waals surface area contributed by atoms with E-state index in [4.69, 9.17) is 11.6 Å². The Labute approximate surface area is 218 Å². The molecule has 1 amide bonds. The topological polar surface area (TPSA) is 102 Å². The molecule has 10 heteroatoms. The van der Waals surface area contributed by atoms with Crippen LogP contribution >= 0.6 is 22.9 Å². The van der Waals surface area contributed by atoms with Gasteiger partial charge in [0.05, 0.1) is 12.7 Å². The van der Waals surface area contributed by atoms with Crippen LogP contribution in [-0.4, -0.2) is 27.4 Å². The van der Waals surface area contributed by atoms with E-state index in [9.17, 15) is 18.0 Å². The van der Waals surface area contributed by atoms with Crippen molar-refractivity contribution in [1.82, 2.24) is 10.0 Å². The van der Waals surface area contributed by atoms with Crippen LogP contribution in [0.1, 0.15) is 37.4 Å². The Bertz CT molecular complexity index is 1550. The molecule has 36 heavy (non-hydrogen) atoms. The molecule has 2 N–H and O–H groups in total. The Balaban J connectivity index is 1.40. The number of nitrogens with one attached hydrogen (secondary N) is 2. The fraction of sp³-hybridized carbons (Fsp3) is 0.154. The molecule has 0 saturated heterocycles. The van der Waals surface area contributed by atoms with E-state index >= 15 is 0 Å². The lowest BCUT2D eigenvalue weighted by Crippen LogP contribution is -2.24. The number of fused-ring (bicyclic) bond motifs is 1. The zero-order valence-electron chi connectivity index (χ0n) is 19.5. The molecule has 4 aromatic rings. The number of sulfonamides is 1. The van der Waals surface area contributed by atoms with Crippen LogP contribution < -0.4 is 10.0 Å². The standard InChI is InChI=1S/C26H23ClN2O5S2/c1-16-22-13-21(27)10-11-23(22)35-26(16)36(32,33)29-15-18-4-3-5-20(12-18)24(30)28-14-17-6-8-19(9-7-17)25(31)34-2/h3-13,29H,14-15H2,1-2H3,(H,28,30). The van der Waals surface area contributed by atoms with Crippen molar-refractivity contribution in [2.24, 2.45) is 0 Å². The maximum Gasteiger partial charge on any atom is 0.337 e. The smallest absolute Gasteiger partial charge is 0.337 e. The van der Waals surface area contributed by atoms with Gasteiger partial charge in [-0.2, -0.15) is 0 Å². The molecule has 0 spiro atoms. The van der Waals surface area contributed by atoms with E-state index < -0.39 is 16.0 Å². The first-order valence-electron chi connectivity index (χ1n) is 10.9. The Morgan fingerprint density at radius 1 is 0.944 bits per heavy atom. The fourth-order valence-corrected chi connectivity index (χ4v) is 6.63. The molecule has 0 aliphatic heterocycles. The number of methoxy groups -OCH3 is 1. The summed E-state index contributed by atoms with van der Waals surface area (Å²) in [5.41, 5.74) is 2.95. The Hall–Kier alpha value is -3.24. The van der Waals surface area contributed by atoms with Gasteiger partial charge >= 0.3 is 5.97 Å². The third-order valence-corrected chi connectivity index (χ3v) is 9.11. The van der Waals surface area contributed by atoms with Crippen molar-refractivity contribution in [2.75, 3.05) is 7.11 Å². The highest BCUT2D eigenvalue weighted by molar-refractivity contribution is 7.91. The number of rotatable bonds is 8. The average molecular weight is 543 g/mol. The summed E-state index contributed by atoms with van der Waals surface area (Å²) >= 11 is 7.26. The van der Waals surface area contributed by atoms with Crippen LogP contribution in [0.4, 0.5) is 0 Å².